The van der Waals surface area contributed by atoms with Gasteiger partial charge in [0.15, 0.2) is 11.6 Å². The van der Waals surface area contributed by atoms with Crippen LogP contribution in [0.2, 0.25) is 0 Å². The Balaban J connectivity index is 1.44. The Morgan fingerprint density at radius 1 is 0.639 bits per heavy atom. The highest BCUT2D eigenvalue weighted by molar-refractivity contribution is 5.83. The first kappa shape index (κ1) is 27.2. The number of fused-ring (bicyclic) bond motifs is 2. The molecule has 0 spiro atoms. The molecule has 198 valence electrons. The third-order valence-electron chi connectivity index (χ3n) is 10.1. The van der Waals surface area contributed by atoms with Crippen LogP contribution < -0.4 is 10.6 Å². The van der Waals surface area contributed by atoms with Crippen molar-refractivity contribution in [3.63, 3.8) is 0 Å². The standard InChI is InChI=1S/C30H44N2O4/c1-5-17-11-19(7-3)27-21(17)13-23(25(35)15-33)29(27)31-9-10-32-30-24(26(36)16-34)14-22-18(6-2)12-20(8-4)28(22)30/h5-8,17-24,27-34H,1-4,9-16H2. The molecule has 4 aliphatic carbocycles. The zero-order valence-electron chi connectivity index (χ0n) is 21.4. The van der Waals surface area contributed by atoms with Gasteiger partial charge < -0.3 is 20.8 Å². The summed E-state index contributed by atoms with van der Waals surface area (Å²) in [5, 5.41) is 26.6. The monoisotopic (exact) mass is 496 g/mol. The zero-order valence-corrected chi connectivity index (χ0v) is 21.4. The maximum Gasteiger partial charge on any atom is 0.162 e. The predicted octanol–water partition coefficient (Wildman–Crippen LogP) is 2.55. The molecule has 36 heavy (non-hydrogen) atoms. The van der Waals surface area contributed by atoms with Crippen molar-refractivity contribution in [1.82, 2.24) is 10.6 Å². The van der Waals surface area contributed by atoms with E-state index < -0.39 is 13.2 Å². The molecule has 0 saturated heterocycles. The number of allylic oxidation sites excluding steroid dienone is 4. The summed E-state index contributed by atoms with van der Waals surface area (Å²) < 4.78 is 0. The second-order valence-corrected chi connectivity index (χ2v) is 11.4. The first-order valence-corrected chi connectivity index (χ1v) is 13.7. The zero-order chi connectivity index (χ0) is 26.0. The van der Waals surface area contributed by atoms with Gasteiger partial charge in [0.2, 0.25) is 0 Å². The maximum absolute atomic E-state index is 12.7. The van der Waals surface area contributed by atoms with Crippen molar-refractivity contribution >= 4 is 11.6 Å². The van der Waals surface area contributed by atoms with Gasteiger partial charge in [0.05, 0.1) is 0 Å². The van der Waals surface area contributed by atoms with Crippen molar-refractivity contribution in [2.24, 2.45) is 59.2 Å². The smallest absolute Gasteiger partial charge is 0.162 e. The summed E-state index contributed by atoms with van der Waals surface area (Å²) in [6, 6.07) is -0.0127. The van der Waals surface area contributed by atoms with E-state index in [1.807, 2.05) is 24.3 Å². The fourth-order valence-electron chi connectivity index (χ4n) is 8.62. The Morgan fingerprint density at radius 3 is 1.31 bits per heavy atom. The molecular weight excluding hydrogens is 452 g/mol. The summed E-state index contributed by atoms with van der Waals surface area (Å²) >= 11 is 0. The van der Waals surface area contributed by atoms with Crippen molar-refractivity contribution in [3.8, 4) is 0 Å². The molecule has 4 aliphatic rings. The Morgan fingerprint density at radius 2 is 1.00 bits per heavy atom. The van der Waals surface area contributed by atoms with E-state index in [4.69, 9.17) is 0 Å². The molecular formula is C30H44N2O4. The number of rotatable bonds is 13. The lowest BCUT2D eigenvalue weighted by atomic mass is 9.85. The molecule has 4 N–H and O–H groups in total. The summed E-state index contributed by atoms with van der Waals surface area (Å²) in [7, 11) is 0. The molecule has 0 heterocycles. The van der Waals surface area contributed by atoms with E-state index in [2.05, 4.69) is 36.9 Å². The molecule has 0 aliphatic heterocycles. The first-order valence-electron chi connectivity index (χ1n) is 13.7. The lowest BCUT2D eigenvalue weighted by Gasteiger charge is -2.30. The normalized spacial score (nSPS) is 43.1. The largest absolute Gasteiger partial charge is 0.389 e. The maximum atomic E-state index is 12.7. The summed E-state index contributed by atoms with van der Waals surface area (Å²) in [5.74, 6) is 2.15. The summed E-state index contributed by atoms with van der Waals surface area (Å²) in [5.41, 5.74) is 0. The number of aliphatic hydroxyl groups excluding tert-OH is 2. The third kappa shape index (κ3) is 4.73. The highest BCUT2D eigenvalue weighted by Gasteiger charge is 2.55. The molecule has 4 fully saturated rings. The van der Waals surface area contributed by atoms with Gasteiger partial charge in [-0.2, -0.15) is 0 Å². The van der Waals surface area contributed by atoms with Gasteiger partial charge in [-0.15, -0.1) is 26.3 Å². The lowest BCUT2D eigenvalue weighted by Crippen LogP contribution is -2.49. The molecule has 0 aromatic carbocycles. The number of carbonyl (C=O) groups is 2. The number of ketones is 2. The number of nitrogens with one attached hydrogen (secondary N) is 2. The fourth-order valence-corrected chi connectivity index (χ4v) is 8.62. The van der Waals surface area contributed by atoms with Crippen LogP contribution in [-0.4, -0.2) is 60.2 Å². The van der Waals surface area contributed by atoms with Gasteiger partial charge in [-0.05, 0) is 73.0 Å². The summed E-state index contributed by atoms with van der Waals surface area (Å²) in [4.78, 5) is 25.3. The molecule has 0 bridgehead atoms. The highest BCUT2D eigenvalue weighted by atomic mass is 16.3. The van der Waals surface area contributed by atoms with E-state index in [1.54, 1.807) is 0 Å². The molecule has 4 saturated carbocycles. The van der Waals surface area contributed by atoms with Crippen LogP contribution in [0.4, 0.5) is 0 Å². The van der Waals surface area contributed by atoms with E-state index in [0.29, 0.717) is 60.4 Å². The Hall–Kier alpha value is -1.86. The molecule has 0 amide bonds. The van der Waals surface area contributed by atoms with E-state index in [9.17, 15) is 19.8 Å². The Kier molecular flexibility index (Phi) is 8.82. The number of hydrogen-bond donors (Lipinski definition) is 4. The van der Waals surface area contributed by atoms with Crippen LogP contribution in [-0.2, 0) is 9.59 Å². The average Bonchev–Trinajstić information content (AvgIpc) is 3.64. The molecule has 6 heteroatoms. The van der Waals surface area contributed by atoms with Gasteiger partial charge >= 0.3 is 0 Å². The molecule has 0 aromatic rings. The fraction of sp³-hybridized carbons (Fsp3) is 0.667. The lowest BCUT2D eigenvalue weighted by molar-refractivity contribution is -0.127. The van der Waals surface area contributed by atoms with Gasteiger partial charge in [0.1, 0.15) is 13.2 Å². The van der Waals surface area contributed by atoms with Crippen molar-refractivity contribution < 1.29 is 19.8 Å². The minimum absolute atomic E-state index is 0.00634. The number of Topliss-reactive ketones (excluding diaryl/α,β-unsaturated/α-hetero) is 2. The van der Waals surface area contributed by atoms with E-state index in [0.717, 1.165) is 25.7 Å². The van der Waals surface area contributed by atoms with Crippen molar-refractivity contribution in [1.29, 1.82) is 0 Å². The van der Waals surface area contributed by atoms with Crippen LogP contribution in [0.5, 0.6) is 0 Å². The van der Waals surface area contributed by atoms with Crippen molar-refractivity contribution in [3.05, 3.63) is 50.6 Å². The van der Waals surface area contributed by atoms with Crippen LogP contribution in [0.1, 0.15) is 25.7 Å². The Labute approximate surface area is 216 Å². The quantitative estimate of drug-likeness (QED) is 0.231. The van der Waals surface area contributed by atoms with E-state index >= 15 is 0 Å². The third-order valence-corrected chi connectivity index (χ3v) is 10.1. The number of aliphatic hydroxyl groups is 2. The van der Waals surface area contributed by atoms with Gasteiger partial charge in [-0.25, -0.2) is 0 Å². The van der Waals surface area contributed by atoms with Crippen molar-refractivity contribution in [2.45, 2.75) is 37.8 Å². The Bertz CT molecular complexity index is 801. The molecule has 6 nitrogen and oxygen atoms in total. The van der Waals surface area contributed by atoms with Crippen LogP contribution in [0.25, 0.3) is 0 Å². The average molecular weight is 497 g/mol. The van der Waals surface area contributed by atoms with Gasteiger partial charge in [-0.1, -0.05) is 24.3 Å². The van der Waals surface area contributed by atoms with Crippen LogP contribution >= 0.6 is 0 Å². The second-order valence-electron chi connectivity index (χ2n) is 11.4. The minimum Gasteiger partial charge on any atom is -0.389 e. The first-order chi connectivity index (χ1) is 17.4. The van der Waals surface area contributed by atoms with Gasteiger partial charge in [0, 0.05) is 37.0 Å². The number of hydrogen-bond acceptors (Lipinski definition) is 6. The summed E-state index contributed by atoms with van der Waals surface area (Å²) in [6.45, 7) is 16.6. The van der Waals surface area contributed by atoms with Crippen LogP contribution in [0.3, 0.4) is 0 Å². The molecule has 0 radical (unpaired) electrons. The molecule has 0 aromatic heterocycles. The number of carbonyl (C=O) groups excluding carboxylic acids is 2. The molecule has 12 unspecified atom stereocenters. The summed E-state index contributed by atoms with van der Waals surface area (Å²) in [6.07, 6.45) is 11.7. The van der Waals surface area contributed by atoms with E-state index in [-0.39, 0.29) is 35.5 Å². The van der Waals surface area contributed by atoms with Gasteiger partial charge in [0.25, 0.3) is 0 Å². The van der Waals surface area contributed by atoms with Crippen molar-refractivity contribution in [2.75, 3.05) is 26.3 Å². The minimum atomic E-state index is -0.429. The molecule has 12 atom stereocenters. The molecule has 4 rings (SSSR count). The predicted molar refractivity (Wildman–Crippen MR) is 142 cm³/mol. The van der Waals surface area contributed by atoms with Gasteiger partial charge in [-0.3, -0.25) is 9.59 Å². The van der Waals surface area contributed by atoms with Crippen LogP contribution in [0, 0.1) is 59.2 Å². The topological polar surface area (TPSA) is 98.7 Å². The van der Waals surface area contributed by atoms with Crippen LogP contribution in [0.15, 0.2) is 50.6 Å². The SMILES string of the molecule is C=CC1CC(C=C)C2C1CC(C(=O)CO)C2NCCNC1C(C(=O)CO)CC2C(C=C)CC(C=C)C21. The second kappa shape index (κ2) is 11.7. The highest BCUT2D eigenvalue weighted by Crippen LogP contribution is 2.55. The van der Waals surface area contributed by atoms with E-state index in [1.165, 1.54) is 0 Å².